The van der Waals surface area contributed by atoms with E-state index >= 15 is 0 Å². The Balaban J connectivity index is 1.73. The number of ether oxygens (including phenoxy) is 1. The van der Waals surface area contributed by atoms with Crippen LogP contribution in [0.2, 0.25) is 0 Å². The topological polar surface area (TPSA) is 38.5 Å². The molecule has 0 bridgehead atoms. The fraction of sp³-hybridized carbons (Fsp3) is 0.190. The number of rotatable bonds is 6. The molecule has 1 aromatic heterocycles. The van der Waals surface area contributed by atoms with Crippen molar-refractivity contribution in [3.8, 4) is 11.4 Å². The van der Waals surface area contributed by atoms with Crippen LogP contribution in [0.3, 0.4) is 0 Å². The van der Waals surface area contributed by atoms with E-state index in [1.807, 2.05) is 38.1 Å². The third-order valence-corrected chi connectivity index (χ3v) is 4.31. The molecule has 0 unspecified atom stereocenters. The minimum absolute atomic E-state index is 0.237. The maximum atomic E-state index is 13.2. The van der Waals surface area contributed by atoms with Crippen molar-refractivity contribution < 1.29 is 9.13 Å². The first-order valence-electron chi connectivity index (χ1n) is 8.43. The summed E-state index contributed by atoms with van der Waals surface area (Å²) in [6, 6.07) is 16.4. The molecule has 0 radical (unpaired) electrons. The molecule has 134 valence electrons. The van der Waals surface area contributed by atoms with Crippen LogP contribution in [0.25, 0.3) is 5.69 Å². The number of benzene rings is 2. The van der Waals surface area contributed by atoms with Crippen LogP contribution in [0.15, 0.2) is 59.7 Å². The van der Waals surface area contributed by atoms with Gasteiger partial charge in [0, 0.05) is 28.2 Å². The molecule has 3 rings (SSSR count). The van der Waals surface area contributed by atoms with Crippen LogP contribution in [0.5, 0.6) is 5.75 Å². The molecule has 4 nitrogen and oxygen atoms in total. The lowest BCUT2D eigenvalue weighted by atomic mass is 10.2. The summed E-state index contributed by atoms with van der Waals surface area (Å²) in [5.41, 5.74) is 8.17. The summed E-state index contributed by atoms with van der Waals surface area (Å²) in [5, 5.41) is 4.33. The Morgan fingerprint density at radius 2 is 1.85 bits per heavy atom. The Morgan fingerprint density at radius 1 is 1.12 bits per heavy atom. The van der Waals surface area contributed by atoms with Gasteiger partial charge in [-0.25, -0.2) is 4.39 Å². The molecule has 0 aliphatic heterocycles. The number of hydrogen-bond donors (Lipinski definition) is 1. The van der Waals surface area contributed by atoms with Gasteiger partial charge in [0.2, 0.25) is 0 Å². The van der Waals surface area contributed by atoms with Crippen molar-refractivity contribution in [2.45, 2.75) is 20.4 Å². The normalized spacial score (nSPS) is 11.1. The summed E-state index contributed by atoms with van der Waals surface area (Å²) in [7, 11) is 1.66. The number of nitrogens with one attached hydrogen (secondary N) is 1. The zero-order valence-electron chi connectivity index (χ0n) is 15.2. The first kappa shape index (κ1) is 17.7. The Bertz CT molecular complexity index is 914. The molecule has 1 heterocycles. The zero-order valence-corrected chi connectivity index (χ0v) is 15.2. The van der Waals surface area contributed by atoms with Gasteiger partial charge in [-0.3, -0.25) is 0 Å². The second kappa shape index (κ2) is 7.87. The lowest BCUT2D eigenvalue weighted by Crippen LogP contribution is -2.07. The predicted octanol–water partition coefficient (Wildman–Crippen LogP) is 4.37. The van der Waals surface area contributed by atoms with E-state index < -0.39 is 0 Å². The lowest BCUT2D eigenvalue weighted by Gasteiger charge is -2.09. The smallest absolute Gasteiger partial charge is 0.123 e. The van der Waals surface area contributed by atoms with E-state index in [9.17, 15) is 4.39 Å². The first-order chi connectivity index (χ1) is 12.6. The highest BCUT2D eigenvalue weighted by atomic mass is 19.1. The molecule has 3 aromatic rings. The maximum Gasteiger partial charge on any atom is 0.123 e. The van der Waals surface area contributed by atoms with E-state index in [4.69, 9.17) is 4.74 Å². The van der Waals surface area contributed by atoms with Gasteiger partial charge >= 0.3 is 0 Å². The van der Waals surface area contributed by atoms with Gasteiger partial charge < -0.3 is 14.7 Å². The predicted molar refractivity (Wildman–Crippen MR) is 103 cm³/mol. The standard InChI is InChI=1S/C21H22FN3O/c1-15-12-18(16(2)25(15)20-10-8-19(22)9-11-20)14-24-23-13-17-6-4-5-7-21(17)26-3/h4-12,14,23H,13H2,1-3H3/b24-14-. The monoisotopic (exact) mass is 351 g/mol. The number of hydrogen-bond acceptors (Lipinski definition) is 3. The number of halogens is 1. The van der Waals surface area contributed by atoms with Gasteiger partial charge in [0.1, 0.15) is 11.6 Å². The summed E-state index contributed by atoms with van der Waals surface area (Å²) in [5.74, 6) is 0.600. The van der Waals surface area contributed by atoms with E-state index in [2.05, 4.69) is 21.2 Å². The molecular formula is C21H22FN3O. The molecule has 1 N–H and O–H groups in total. The SMILES string of the molecule is COc1ccccc1CN/N=C\c1cc(C)n(-c2ccc(F)cc2)c1C. The van der Waals surface area contributed by atoms with Crippen LogP contribution in [-0.2, 0) is 6.54 Å². The Kier molecular flexibility index (Phi) is 5.37. The molecular weight excluding hydrogens is 329 g/mol. The van der Waals surface area contributed by atoms with Gasteiger partial charge in [0.15, 0.2) is 0 Å². The number of methoxy groups -OCH3 is 1. The lowest BCUT2D eigenvalue weighted by molar-refractivity contribution is 0.408. The van der Waals surface area contributed by atoms with E-state index in [-0.39, 0.29) is 5.82 Å². The fourth-order valence-corrected chi connectivity index (χ4v) is 3.00. The van der Waals surface area contributed by atoms with Crippen molar-refractivity contribution in [3.63, 3.8) is 0 Å². The maximum absolute atomic E-state index is 13.2. The van der Waals surface area contributed by atoms with E-state index in [1.54, 1.807) is 25.5 Å². The molecule has 0 saturated heterocycles. The number of aromatic nitrogens is 1. The minimum atomic E-state index is -0.237. The molecule has 2 aromatic carbocycles. The highest BCUT2D eigenvalue weighted by molar-refractivity contribution is 5.82. The van der Waals surface area contributed by atoms with Gasteiger partial charge in [0.05, 0.1) is 19.9 Å². The van der Waals surface area contributed by atoms with Gasteiger partial charge in [-0.15, -0.1) is 0 Å². The molecule has 0 saturated carbocycles. The summed E-state index contributed by atoms with van der Waals surface area (Å²) < 4.78 is 20.6. The molecule has 0 aliphatic rings. The number of nitrogens with zero attached hydrogens (tertiary/aromatic N) is 2. The molecule has 0 atom stereocenters. The first-order valence-corrected chi connectivity index (χ1v) is 8.43. The van der Waals surface area contributed by atoms with Crippen molar-refractivity contribution in [1.82, 2.24) is 9.99 Å². The highest BCUT2D eigenvalue weighted by Gasteiger charge is 2.09. The van der Waals surface area contributed by atoms with Crippen molar-refractivity contribution in [1.29, 1.82) is 0 Å². The minimum Gasteiger partial charge on any atom is -0.496 e. The molecule has 26 heavy (non-hydrogen) atoms. The fourth-order valence-electron chi connectivity index (χ4n) is 3.00. The Morgan fingerprint density at radius 3 is 2.58 bits per heavy atom. The molecule has 5 heteroatoms. The summed E-state index contributed by atoms with van der Waals surface area (Å²) in [4.78, 5) is 0. The summed E-state index contributed by atoms with van der Waals surface area (Å²) in [6.07, 6.45) is 1.80. The Hall–Kier alpha value is -3.08. The van der Waals surface area contributed by atoms with Crippen LogP contribution in [0.1, 0.15) is 22.5 Å². The van der Waals surface area contributed by atoms with Crippen molar-refractivity contribution >= 4 is 6.21 Å². The number of para-hydroxylation sites is 1. The van der Waals surface area contributed by atoms with Crippen LogP contribution >= 0.6 is 0 Å². The third kappa shape index (κ3) is 3.77. The Labute approximate surface area is 152 Å². The zero-order chi connectivity index (χ0) is 18.5. The summed E-state index contributed by atoms with van der Waals surface area (Å²) >= 11 is 0. The van der Waals surface area contributed by atoms with E-state index in [0.29, 0.717) is 6.54 Å². The van der Waals surface area contributed by atoms with Gasteiger partial charge in [-0.2, -0.15) is 5.10 Å². The average Bonchev–Trinajstić information content (AvgIpc) is 2.93. The highest BCUT2D eigenvalue weighted by Crippen LogP contribution is 2.20. The van der Waals surface area contributed by atoms with Gasteiger partial charge in [-0.1, -0.05) is 18.2 Å². The molecule has 0 aliphatic carbocycles. The second-order valence-electron chi connectivity index (χ2n) is 6.04. The molecule has 0 spiro atoms. The van der Waals surface area contributed by atoms with Crippen LogP contribution < -0.4 is 10.2 Å². The number of aryl methyl sites for hydroxylation is 1. The second-order valence-corrected chi connectivity index (χ2v) is 6.04. The van der Waals surface area contributed by atoms with Crippen molar-refractivity contribution in [2.75, 3.05) is 7.11 Å². The van der Waals surface area contributed by atoms with Gasteiger partial charge in [0.25, 0.3) is 0 Å². The van der Waals surface area contributed by atoms with E-state index in [0.717, 1.165) is 34.0 Å². The largest absolute Gasteiger partial charge is 0.496 e. The third-order valence-electron chi connectivity index (χ3n) is 4.31. The van der Waals surface area contributed by atoms with Gasteiger partial charge in [-0.05, 0) is 50.2 Å². The van der Waals surface area contributed by atoms with Crippen LogP contribution in [-0.4, -0.2) is 17.9 Å². The average molecular weight is 351 g/mol. The van der Waals surface area contributed by atoms with Crippen molar-refractivity contribution in [2.24, 2.45) is 5.10 Å². The molecule has 0 fully saturated rings. The summed E-state index contributed by atoms with van der Waals surface area (Å²) in [6.45, 7) is 4.63. The van der Waals surface area contributed by atoms with Crippen molar-refractivity contribution in [3.05, 3.63) is 82.9 Å². The van der Waals surface area contributed by atoms with E-state index in [1.165, 1.54) is 12.1 Å². The van der Waals surface area contributed by atoms with Crippen LogP contribution in [0.4, 0.5) is 4.39 Å². The number of hydrazone groups is 1. The molecule has 0 amide bonds. The quantitative estimate of drug-likeness (QED) is 0.529. The van der Waals surface area contributed by atoms with Crippen LogP contribution in [0, 0.1) is 19.7 Å².